The van der Waals surface area contributed by atoms with E-state index in [0.717, 1.165) is 17.1 Å². The van der Waals surface area contributed by atoms with Gasteiger partial charge in [-0.15, -0.1) is 11.8 Å². The molecule has 5 nitrogen and oxygen atoms in total. The number of aryl methyl sites for hydroxylation is 2. The van der Waals surface area contributed by atoms with Crippen molar-refractivity contribution in [1.29, 1.82) is 0 Å². The molecule has 0 saturated carbocycles. The fourth-order valence-corrected chi connectivity index (χ4v) is 3.71. The highest BCUT2D eigenvalue weighted by molar-refractivity contribution is 7.99. The van der Waals surface area contributed by atoms with Gasteiger partial charge in [-0.25, -0.2) is 9.78 Å². The standard InChI is InChI=1S/C17H20N2O3S2/c1-4-22-16(21)15-12(3)18-17(24-15)19-14(20)10-23-9-13-7-5-6-11(2)8-13/h5-8H,4,9-10H2,1-3H3,(H,18,19,20). The molecule has 1 N–H and O–H groups in total. The summed E-state index contributed by atoms with van der Waals surface area (Å²) in [6, 6.07) is 8.22. The molecule has 0 aliphatic heterocycles. The minimum absolute atomic E-state index is 0.128. The second-order valence-corrected chi connectivity index (χ2v) is 7.17. The number of anilines is 1. The molecular formula is C17H20N2O3S2. The zero-order valence-corrected chi connectivity index (χ0v) is 15.6. The summed E-state index contributed by atoms with van der Waals surface area (Å²) in [5, 5.41) is 3.17. The fourth-order valence-electron chi connectivity index (χ4n) is 2.05. The maximum atomic E-state index is 12.0. The quantitative estimate of drug-likeness (QED) is 0.757. The molecule has 0 spiro atoms. The van der Waals surface area contributed by atoms with Crippen molar-refractivity contribution in [3.8, 4) is 0 Å². The predicted molar refractivity (Wildman–Crippen MR) is 98.8 cm³/mol. The molecule has 1 amide bonds. The maximum absolute atomic E-state index is 12.0. The average Bonchev–Trinajstić information content (AvgIpc) is 2.88. The highest BCUT2D eigenvalue weighted by atomic mass is 32.2. The second-order valence-electron chi connectivity index (χ2n) is 5.18. The number of esters is 1. The summed E-state index contributed by atoms with van der Waals surface area (Å²) in [7, 11) is 0. The molecule has 0 atom stereocenters. The number of thiazole rings is 1. The molecule has 128 valence electrons. The molecule has 2 aromatic rings. The molecule has 0 aliphatic rings. The van der Waals surface area contributed by atoms with Crippen molar-refractivity contribution in [3.63, 3.8) is 0 Å². The minimum Gasteiger partial charge on any atom is -0.462 e. The van der Waals surface area contributed by atoms with Gasteiger partial charge in [0.05, 0.1) is 18.1 Å². The molecule has 0 aliphatic carbocycles. The first-order chi connectivity index (χ1) is 11.5. The van der Waals surface area contributed by atoms with Gasteiger partial charge in [0.2, 0.25) is 5.91 Å². The molecule has 1 aromatic heterocycles. The van der Waals surface area contributed by atoms with Crippen molar-refractivity contribution in [2.24, 2.45) is 0 Å². The van der Waals surface area contributed by atoms with Crippen LogP contribution in [0.2, 0.25) is 0 Å². The van der Waals surface area contributed by atoms with Crippen LogP contribution < -0.4 is 5.32 Å². The Morgan fingerprint density at radius 1 is 1.33 bits per heavy atom. The lowest BCUT2D eigenvalue weighted by molar-refractivity contribution is -0.113. The lowest BCUT2D eigenvalue weighted by Gasteiger charge is -2.03. The van der Waals surface area contributed by atoms with Crippen molar-refractivity contribution >= 4 is 40.1 Å². The Bertz CT molecular complexity index is 728. The molecule has 0 saturated heterocycles. The Morgan fingerprint density at radius 2 is 2.12 bits per heavy atom. The Labute approximate surface area is 149 Å². The van der Waals surface area contributed by atoms with Gasteiger partial charge in [0.1, 0.15) is 4.88 Å². The number of carbonyl (C=O) groups excluding carboxylic acids is 2. The van der Waals surface area contributed by atoms with Gasteiger partial charge in [-0.3, -0.25) is 4.79 Å². The number of hydrogen-bond donors (Lipinski definition) is 1. The summed E-state index contributed by atoms with van der Waals surface area (Å²) in [6.45, 7) is 5.84. The fraction of sp³-hybridized carbons (Fsp3) is 0.353. The van der Waals surface area contributed by atoms with Gasteiger partial charge in [-0.2, -0.15) is 0 Å². The van der Waals surface area contributed by atoms with Crippen LogP contribution in [0.15, 0.2) is 24.3 Å². The van der Waals surface area contributed by atoms with E-state index in [1.165, 1.54) is 11.1 Å². The SMILES string of the molecule is CCOC(=O)c1sc(NC(=O)CSCc2cccc(C)c2)nc1C. The summed E-state index contributed by atoms with van der Waals surface area (Å²) >= 11 is 2.68. The van der Waals surface area contributed by atoms with Crippen LogP contribution in [0, 0.1) is 13.8 Å². The van der Waals surface area contributed by atoms with E-state index in [-0.39, 0.29) is 5.91 Å². The zero-order chi connectivity index (χ0) is 17.5. The number of thioether (sulfide) groups is 1. The topological polar surface area (TPSA) is 68.3 Å². The summed E-state index contributed by atoms with van der Waals surface area (Å²) < 4.78 is 4.97. The van der Waals surface area contributed by atoms with E-state index in [2.05, 4.69) is 16.4 Å². The van der Waals surface area contributed by atoms with E-state index in [1.54, 1.807) is 25.6 Å². The number of amides is 1. The molecular weight excluding hydrogens is 344 g/mol. The molecule has 1 heterocycles. The third kappa shape index (κ3) is 5.35. The van der Waals surface area contributed by atoms with Crippen LogP contribution in [0.5, 0.6) is 0 Å². The number of ether oxygens (including phenoxy) is 1. The second kappa shape index (κ2) is 8.84. The number of rotatable bonds is 7. The van der Waals surface area contributed by atoms with Crippen LogP contribution in [0.25, 0.3) is 0 Å². The van der Waals surface area contributed by atoms with Crippen molar-refractivity contribution in [3.05, 3.63) is 46.0 Å². The van der Waals surface area contributed by atoms with E-state index in [9.17, 15) is 9.59 Å². The van der Waals surface area contributed by atoms with Gasteiger partial charge in [0.15, 0.2) is 5.13 Å². The Hall–Kier alpha value is -1.86. The minimum atomic E-state index is -0.401. The number of aromatic nitrogens is 1. The molecule has 2 rings (SSSR count). The van der Waals surface area contributed by atoms with Gasteiger partial charge in [-0.05, 0) is 26.3 Å². The Kier molecular flexibility index (Phi) is 6.81. The van der Waals surface area contributed by atoms with Crippen LogP contribution in [0.1, 0.15) is 33.4 Å². The maximum Gasteiger partial charge on any atom is 0.350 e. The van der Waals surface area contributed by atoms with Gasteiger partial charge >= 0.3 is 5.97 Å². The van der Waals surface area contributed by atoms with Crippen molar-refractivity contribution < 1.29 is 14.3 Å². The average molecular weight is 364 g/mol. The zero-order valence-electron chi connectivity index (χ0n) is 13.9. The lowest BCUT2D eigenvalue weighted by atomic mass is 10.2. The number of nitrogens with one attached hydrogen (secondary N) is 1. The first kappa shape index (κ1) is 18.5. The third-order valence-corrected chi connectivity index (χ3v) is 5.14. The van der Waals surface area contributed by atoms with E-state index in [1.807, 2.05) is 25.1 Å². The predicted octanol–water partition coefficient (Wildman–Crippen LogP) is 3.81. The highest BCUT2D eigenvalue weighted by Crippen LogP contribution is 2.23. The molecule has 1 aromatic carbocycles. The van der Waals surface area contributed by atoms with Crippen LogP contribution in [0.4, 0.5) is 5.13 Å². The number of carbonyl (C=O) groups is 2. The summed E-state index contributed by atoms with van der Waals surface area (Å²) in [5.74, 6) is 0.583. The third-order valence-electron chi connectivity index (χ3n) is 3.09. The normalized spacial score (nSPS) is 10.5. The van der Waals surface area contributed by atoms with Gasteiger partial charge in [-0.1, -0.05) is 41.2 Å². The van der Waals surface area contributed by atoms with Crippen LogP contribution in [-0.2, 0) is 15.3 Å². The Balaban J connectivity index is 1.84. The molecule has 0 fully saturated rings. The van der Waals surface area contributed by atoms with Gasteiger partial charge < -0.3 is 10.1 Å². The number of benzene rings is 1. The first-order valence-electron chi connectivity index (χ1n) is 7.57. The molecule has 0 bridgehead atoms. The number of hydrogen-bond acceptors (Lipinski definition) is 6. The van der Waals surface area contributed by atoms with Crippen molar-refractivity contribution in [2.45, 2.75) is 26.5 Å². The summed E-state index contributed by atoms with van der Waals surface area (Å²) in [6.07, 6.45) is 0. The number of nitrogens with zero attached hydrogens (tertiary/aromatic N) is 1. The van der Waals surface area contributed by atoms with Crippen molar-refractivity contribution in [2.75, 3.05) is 17.7 Å². The van der Waals surface area contributed by atoms with E-state index < -0.39 is 5.97 Å². The Morgan fingerprint density at radius 3 is 2.83 bits per heavy atom. The van der Waals surface area contributed by atoms with Crippen LogP contribution in [-0.4, -0.2) is 29.2 Å². The van der Waals surface area contributed by atoms with Crippen molar-refractivity contribution in [1.82, 2.24) is 4.98 Å². The van der Waals surface area contributed by atoms with E-state index >= 15 is 0 Å². The molecule has 7 heteroatoms. The summed E-state index contributed by atoms with van der Waals surface area (Å²) in [4.78, 5) is 28.4. The van der Waals surface area contributed by atoms with E-state index in [0.29, 0.717) is 28.1 Å². The molecule has 24 heavy (non-hydrogen) atoms. The van der Waals surface area contributed by atoms with Gasteiger partial charge in [0.25, 0.3) is 0 Å². The lowest BCUT2D eigenvalue weighted by Crippen LogP contribution is -2.14. The molecule has 0 radical (unpaired) electrons. The van der Waals surface area contributed by atoms with E-state index in [4.69, 9.17) is 4.74 Å². The highest BCUT2D eigenvalue weighted by Gasteiger charge is 2.17. The smallest absolute Gasteiger partial charge is 0.350 e. The van der Waals surface area contributed by atoms with Crippen LogP contribution in [0.3, 0.4) is 0 Å². The largest absolute Gasteiger partial charge is 0.462 e. The van der Waals surface area contributed by atoms with Crippen LogP contribution >= 0.6 is 23.1 Å². The molecule has 0 unspecified atom stereocenters. The first-order valence-corrected chi connectivity index (χ1v) is 9.54. The van der Waals surface area contributed by atoms with Gasteiger partial charge in [0, 0.05) is 5.75 Å². The summed E-state index contributed by atoms with van der Waals surface area (Å²) in [5.41, 5.74) is 2.98. The monoisotopic (exact) mass is 364 g/mol.